The molecule has 3 atom stereocenters. The summed E-state index contributed by atoms with van der Waals surface area (Å²) in [6.45, 7) is 9.98. The number of aryl methyl sites for hydroxylation is 1. The van der Waals surface area contributed by atoms with E-state index in [4.69, 9.17) is 0 Å². The van der Waals surface area contributed by atoms with E-state index in [2.05, 4.69) is 21.0 Å². The number of aliphatic hydroxyl groups is 1. The molecule has 47 heavy (non-hydrogen) atoms. The SMILES string of the molecule is CCC(=O)N[C@@H](C(=O)N1CCC(C)(O)CC1)[C@@H](C)c1ccc(NC(=O)[C@](C)(NC(=O)c2ccnn2CC)C2CCCCCC2)c(F)c1. The summed E-state index contributed by atoms with van der Waals surface area (Å²) in [6, 6.07) is 5.06. The van der Waals surface area contributed by atoms with Crippen LogP contribution in [0, 0.1) is 11.7 Å². The predicted octanol–water partition coefficient (Wildman–Crippen LogP) is 4.51. The first-order valence-corrected chi connectivity index (χ1v) is 17.0. The summed E-state index contributed by atoms with van der Waals surface area (Å²) in [7, 11) is 0. The molecule has 4 amide bonds. The van der Waals surface area contributed by atoms with Gasteiger partial charge in [0.15, 0.2) is 0 Å². The molecule has 258 valence electrons. The number of halogens is 1. The average molecular weight is 655 g/mol. The lowest BCUT2D eigenvalue weighted by Gasteiger charge is -2.38. The first kappa shape index (κ1) is 36.0. The van der Waals surface area contributed by atoms with E-state index < -0.39 is 40.7 Å². The van der Waals surface area contributed by atoms with Gasteiger partial charge in [-0.05, 0) is 76.1 Å². The first-order valence-electron chi connectivity index (χ1n) is 17.0. The van der Waals surface area contributed by atoms with E-state index >= 15 is 4.39 Å². The van der Waals surface area contributed by atoms with Crippen molar-refractivity contribution in [1.82, 2.24) is 25.3 Å². The number of piperidine rings is 1. The highest BCUT2D eigenvalue weighted by Crippen LogP contribution is 2.34. The van der Waals surface area contributed by atoms with Crippen molar-refractivity contribution in [1.29, 1.82) is 0 Å². The second-order valence-corrected chi connectivity index (χ2v) is 13.6. The minimum atomic E-state index is -1.32. The number of hydrogen-bond donors (Lipinski definition) is 4. The van der Waals surface area contributed by atoms with Crippen molar-refractivity contribution in [3.8, 4) is 0 Å². The van der Waals surface area contributed by atoms with Gasteiger partial charge in [0.25, 0.3) is 5.91 Å². The van der Waals surface area contributed by atoms with Gasteiger partial charge in [0, 0.05) is 38.2 Å². The fourth-order valence-electron chi connectivity index (χ4n) is 6.72. The van der Waals surface area contributed by atoms with E-state index in [1.807, 2.05) is 6.92 Å². The maximum Gasteiger partial charge on any atom is 0.270 e. The summed E-state index contributed by atoms with van der Waals surface area (Å²) in [6.07, 6.45) is 8.06. The Morgan fingerprint density at radius 1 is 1.09 bits per heavy atom. The molecule has 11 nitrogen and oxygen atoms in total. The standard InChI is InChI=1S/C35H51FN6O5/c1-6-29(43)39-30(32(45)41-20-17-34(4,47)18-21-41)23(3)24-14-15-27(26(36)22-24)38-33(46)35(5,25-12-10-8-9-11-13-25)40-31(44)28-16-19-37-42(28)7-2/h14-16,19,22-23,25,30,47H,6-13,17-18,20-21H2,1-5H3,(H,38,46)(H,39,43)(H,40,44)/t23-,30+,35+/m0/s1. The number of benzene rings is 1. The predicted molar refractivity (Wildman–Crippen MR) is 177 cm³/mol. The van der Waals surface area contributed by atoms with Crippen molar-refractivity contribution in [2.45, 2.75) is 122 Å². The van der Waals surface area contributed by atoms with Crippen molar-refractivity contribution in [2.75, 3.05) is 18.4 Å². The summed E-state index contributed by atoms with van der Waals surface area (Å²) >= 11 is 0. The number of anilines is 1. The Morgan fingerprint density at radius 2 is 1.74 bits per heavy atom. The molecule has 2 aliphatic rings. The number of hydrogen-bond acceptors (Lipinski definition) is 6. The molecule has 2 fully saturated rings. The topological polar surface area (TPSA) is 146 Å². The number of carbonyl (C=O) groups excluding carboxylic acids is 4. The smallest absolute Gasteiger partial charge is 0.270 e. The largest absolute Gasteiger partial charge is 0.390 e. The van der Waals surface area contributed by atoms with Gasteiger partial charge in [-0.25, -0.2) is 4.39 Å². The Hall–Kier alpha value is -3.80. The molecule has 2 heterocycles. The first-order chi connectivity index (χ1) is 22.3. The number of likely N-dealkylation sites (tertiary alicyclic amines) is 1. The second-order valence-electron chi connectivity index (χ2n) is 13.6. The molecular formula is C35H51FN6O5. The van der Waals surface area contributed by atoms with Crippen molar-refractivity contribution >= 4 is 29.3 Å². The van der Waals surface area contributed by atoms with Crippen LogP contribution in [0.4, 0.5) is 10.1 Å². The van der Waals surface area contributed by atoms with Gasteiger partial charge in [0.05, 0.1) is 11.3 Å². The summed E-state index contributed by atoms with van der Waals surface area (Å²) in [5, 5.41) is 23.1. The molecule has 1 aliphatic carbocycles. The van der Waals surface area contributed by atoms with Crippen LogP contribution in [0.5, 0.6) is 0 Å². The van der Waals surface area contributed by atoms with Crippen LogP contribution in [-0.2, 0) is 20.9 Å². The Labute approximate surface area is 277 Å². The van der Waals surface area contributed by atoms with Crippen LogP contribution >= 0.6 is 0 Å². The number of carbonyl (C=O) groups is 4. The molecule has 4 N–H and O–H groups in total. The van der Waals surface area contributed by atoms with Crippen LogP contribution < -0.4 is 16.0 Å². The molecule has 12 heteroatoms. The molecule has 2 aromatic rings. The highest BCUT2D eigenvalue weighted by atomic mass is 19.1. The van der Waals surface area contributed by atoms with Crippen LogP contribution in [-0.4, -0.2) is 73.7 Å². The van der Waals surface area contributed by atoms with Crippen LogP contribution in [0.3, 0.4) is 0 Å². The van der Waals surface area contributed by atoms with E-state index in [-0.39, 0.29) is 29.8 Å². The molecule has 1 aromatic carbocycles. The molecule has 1 saturated carbocycles. The van der Waals surface area contributed by atoms with Crippen LogP contribution in [0.15, 0.2) is 30.5 Å². The van der Waals surface area contributed by atoms with Gasteiger partial charge in [-0.1, -0.05) is 45.6 Å². The lowest BCUT2D eigenvalue weighted by Crippen LogP contribution is -2.59. The zero-order valence-corrected chi connectivity index (χ0v) is 28.4. The van der Waals surface area contributed by atoms with Crippen LogP contribution in [0.2, 0.25) is 0 Å². The fourth-order valence-corrected chi connectivity index (χ4v) is 6.72. The highest BCUT2D eigenvalue weighted by molar-refractivity contribution is 6.03. The summed E-state index contributed by atoms with van der Waals surface area (Å²) in [4.78, 5) is 55.1. The third-order valence-electron chi connectivity index (χ3n) is 10.1. The Morgan fingerprint density at radius 3 is 2.34 bits per heavy atom. The maximum absolute atomic E-state index is 15.8. The molecule has 1 aromatic heterocycles. The Balaban J connectivity index is 1.56. The summed E-state index contributed by atoms with van der Waals surface area (Å²) < 4.78 is 17.3. The molecule has 4 rings (SSSR count). The van der Waals surface area contributed by atoms with Crippen molar-refractivity contribution < 1.29 is 28.7 Å². The molecule has 1 aliphatic heterocycles. The van der Waals surface area contributed by atoms with E-state index in [0.717, 1.165) is 38.5 Å². The fraction of sp³-hybridized carbons (Fsp3) is 0.629. The number of rotatable bonds is 11. The van der Waals surface area contributed by atoms with Gasteiger partial charge >= 0.3 is 0 Å². The molecule has 0 bridgehead atoms. The number of aromatic nitrogens is 2. The number of nitrogens with zero attached hydrogens (tertiary/aromatic N) is 3. The molecule has 1 saturated heterocycles. The Kier molecular flexibility index (Phi) is 11.8. The van der Waals surface area contributed by atoms with Gasteiger partial charge in [-0.15, -0.1) is 0 Å². The molecule has 0 radical (unpaired) electrons. The van der Waals surface area contributed by atoms with E-state index in [1.165, 1.54) is 12.1 Å². The van der Waals surface area contributed by atoms with E-state index in [9.17, 15) is 24.3 Å². The highest BCUT2D eigenvalue weighted by Gasteiger charge is 2.43. The lowest BCUT2D eigenvalue weighted by atomic mass is 9.79. The van der Waals surface area contributed by atoms with Crippen molar-refractivity contribution in [2.24, 2.45) is 5.92 Å². The van der Waals surface area contributed by atoms with Gasteiger partial charge in [-0.3, -0.25) is 23.9 Å². The van der Waals surface area contributed by atoms with Crippen molar-refractivity contribution in [3.05, 3.63) is 47.5 Å². The third-order valence-corrected chi connectivity index (χ3v) is 10.1. The summed E-state index contributed by atoms with van der Waals surface area (Å²) in [5.74, 6) is -2.94. The van der Waals surface area contributed by atoms with Crippen molar-refractivity contribution in [3.63, 3.8) is 0 Å². The quantitative estimate of drug-likeness (QED) is 0.263. The minimum Gasteiger partial charge on any atom is -0.390 e. The average Bonchev–Trinajstić information content (AvgIpc) is 3.36. The van der Waals surface area contributed by atoms with E-state index in [1.54, 1.807) is 55.6 Å². The molecule has 0 spiro atoms. The van der Waals surface area contributed by atoms with Gasteiger partial charge in [0.1, 0.15) is 23.1 Å². The second kappa shape index (κ2) is 15.4. The third kappa shape index (κ3) is 8.57. The Bertz CT molecular complexity index is 1430. The van der Waals surface area contributed by atoms with Gasteiger partial charge < -0.3 is 26.0 Å². The molecule has 0 unspecified atom stereocenters. The number of amides is 4. The molecular weight excluding hydrogens is 603 g/mol. The monoisotopic (exact) mass is 654 g/mol. The zero-order chi connectivity index (χ0) is 34.4. The van der Waals surface area contributed by atoms with E-state index in [0.29, 0.717) is 43.7 Å². The normalized spacial score (nSPS) is 19.5. The van der Waals surface area contributed by atoms with Gasteiger partial charge in [-0.2, -0.15) is 5.10 Å². The lowest BCUT2D eigenvalue weighted by molar-refractivity contribution is -0.140. The minimum absolute atomic E-state index is 0.0441. The van der Waals surface area contributed by atoms with Crippen LogP contribution in [0.25, 0.3) is 0 Å². The zero-order valence-electron chi connectivity index (χ0n) is 28.4. The summed E-state index contributed by atoms with van der Waals surface area (Å²) in [5.41, 5.74) is -1.38. The van der Waals surface area contributed by atoms with Gasteiger partial charge in [0.2, 0.25) is 17.7 Å². The van der Waals surface area contributed by atoms with Crippen LogP contribution in [0.1, 0.15) is 114 Å². The maximum atomic E-state index is 15.8. The number of nitrogens with one attached hydrogen (secondary N) is 3.